The zero-order valence-electron chi connectivity index (χ0n) is 13.9. The normalized spacial score (nSPS) is 29.0. The Kier molecular flexibility index (Phi) is 5.02. The molecule has 3 fully saturated rings. The number of fused-ring (bicyclic) bond motifs is 3. The maximum atomic E-state index is 13.0. The van der Waals surface area contributed by atoms with Crippen LogP contribution in [-0.4, -0.2) is 48.3 Å². The molecule has 1 N–H and O–H groups in total. The number of nitrogens with zero attached hydrogens (tertiary/aromatic N) is 1. The number of rotatable bonds is 6. The van der Waals surface area contributed by atoms with Crippen LogP contribution in [0.3, 0.4) is 0 Å². The smallest absolute Gasteiger partial charge is 0.319 e. The molecule has 4 nitrogen and oxygen atoms in total. The van der Waals surface area contributed by atoms with Crippen molar-refractivity contribution in [3.05, 3.63) is 35.9 Å². The molecule has 0 amide bonds. The van der Waals surface area contributed by atoms with Crippen LogP contribution < -0.4 is 0 Å². The Morgan fingerprint density at radius 1 is 1.30 bits per heavy atom. The molecule has 2 bridgehead atoms. The van der Waals surface area contributed by atoms with Crippen LogP contribution in [-0.2, 0) is 14.9 Å². The highest BCUT2D eigenvalue weighted by Gasteiger charge is 2.44. The van der Waals surface area contributed by atoms with E-state index in [0.717, 1.165) is 44.5 Å². The quantitative estimate of drug-likeness (QED) is 0.818. The monoisotopic (exact) mass is 317 g/mol. The van der Waals surface area contributed by atoms with Crippen molar-refractivity contribution in [2.45, 2.75) is 44.1 Å². The minimum atomic E-state index is -0.929. The first-order valence-corrected chi connectivity index (χ1v) is 8.79. The largest absolute Gasteiger partial charge is 0.460 e. The molecule has 0 spiro atoms. The van der Waals surface area contributed by atoms with Gasteiger partial charge in [0, 0.05) is 6.54 Å². The fourth-order valence-corrected chi connectivity index (χ4v) is 4.08. The van der Waals surface area contributed by atoms with Gasteiger partial charge in [0.2, 0.25) is 0 Å². The summed E-state index contributed by atoms with van der Waals surface area (Å²) in [5, 5.41) is 10.1. The molecule has 126 valence electrons. The minimum absolute atomic E-state index is 0.0171. The lowest BCUT2D eigenvalue weighted by Crippen LogP contribution is -2.54. The second kappa shape index (κ2) is 7.02. The number of piperidine rings is 3. The molecular weight excluding hydrogens is 290 g/mol. The Morgan fingerprint density at radius 2 is 2.00 bits per heavy atom. The van der Waals surface area contributed by atoms with E-state index in [1.165, 1.54) is 0 Å². The van der Waals surface area contributed by atoms with Gasteiger partial charge in [-0.25, -0.2) is 0 Å². The molecule has 2 atom stereocenters. The molecule has 23 heavy (non-hydrogen) atoms. The molecule has 3 aliphatic heterocycles. The highest BCUT2D eigenvalue weighted by molar-refractivity contribution is 5.83. The molecule has 0 aromatic heterocycles. The summed E-state index contributed by atoms with van der Waals surface area (Å²) in [6.07, 6.45) is 3.64. The second-order valence-electron chi connectivity index (χ2n) is 6.94. The Bertz CT molecular complexity index is 525. The third kappa shape index (κ3) is 3.15. The van der Waals surface area contributed by atoms with E-state index in [1.54, 1.807) is 0 Å². The predicted molar refractivity (Wildman–Crippen MR) is 89.2 cm³/mol. The summed E-state index contributed by atoms with van der Waals surface area (Å²) in [6, 6.07) is 9.59. The molecule has 1 aromatic rings. The van der Waals surface area contributed by atoms with Crippen LogP contribution in [0.5, 0.6) is 0 Å². The summed E-state index contributed by atoms with van der Waals surface area (Å²) < 4.78 is 5.95. The lowest BCUT2D eigenvalue weighted by molar-refractivity contribution is -0.168. The van der Waals surface area contributed by atoms with Gasteiger partial charge in [-0.3, -0.25) is 9.69 Å². The van der Waals surface area contributed by atoms with Crippen LogP contribution in [0.2, 0.25) is 0 Å². The van der Waals surface area contributed by atoms with Gasteiger partial charge in [-0.1, -0.05) is 43.7 Å². The highest BCUT2D eigenvalue weighted by atomic mass is 16.5. The first-order valence-electron chi connectivity index (χ1n) is 8.79. The highest BCUT2D eigenvalue weighted by Crippen LogP contribution is 2.35. The van der Waals surface area contributed by atoms with Gasteiger partial charge in [0.15, 0.2) is 0 Å². The number of aliphatic hydroxyl groups excluding tert-OH is 1. The van der Waals surface area contributed by atoms with Gasteiger partial charge in [-0.15, -0.1) is 0 Å². The minimum Gasteiger partial charge on any atom is -0.460 e. The van der Waals surface area contributed by atoms with Gasteiger partial charge >= 0.3 is 5.97 Å². The van der Waals surface area contributed by atoms with E-state index in [-0.39, 0.29) is 18.7 Å². The molecule has 3 heterocycles. The summed E-state index contributed by atoms with van der Waals surface area (Å²) >= 11 is 0. The molecule has 3 saturated heterocycles. The van der Waals surface area contributed by atoms with Crippen LogP contribution in [0.15, 0.2) is 30.3 Å². The second-order valence-corrected chi connectivity index (χ2v) is 6.94. The van der Waals surface area contributed by atoms with Crippen molar-refractivity contribution >= 4 is 5.97 Å². The van der Waals surface area contributed by atoms with Crippen LogP contribution in [0.4, 0.5) is 0 Å². The van der Waals surface area contributed by atoms with Crippen molar-refractivity contribution in [3.8, 4) is 0 Å². The number of carbonyl (C=O) groups excluding carboxylic acids is 1. The molecule has 3 aliphatic rings. The lowest BCUT2D eigenvalue weighted by Gasteiger charge is -2.45. The van der Waals surface area contributed by atoms with Crippen molar-refractivity contribution in [1.82, 2.24) is 4.90 Å². The first kappa shape index (κ1) is 16.5. The lowest BCUT2D eigenvalue weighted by atomic mass is 9.77. The fourth-order valence-electron chi connectivity index (χ4n) is 4.08. The summed E-state index contributed by atoms with van der Waals surface area (Å²) in [4.78, 5) is 15.4. The number of benzene rings is 1. The van der Waals surface area contributed by atoms with E-state index >= 15 is 0 Å². The van der Waals surface area contributed by atoms with Gasteiger partial charge in [0.05, 0.1) is 6.61 Å². The van der Waals surface area contributed by atoms with Crippen molar-refractivity contribution in [2.75, 3.05) is 26.2 Å². The summed E-state index contributed by atoms with van der Waals surface area (Å²) in [7, 11) is 0. The maximum absolute atomic E-state index is 13.0. The van der Waals surface area contributed by atoms with E-state index < -0.39 is 5.41 Å². The van der Waals surface area contributed by atoms with E-state index in [0.29, 0.717) is 12.3 Å². The zero-order chi connectivity index (χ0) is 16.3. The Morgan fingerprint density at radius 3 is 2.52 bits per heavy atom. The average Bonchev–Trinajstić information content (AvgIpc) is 2.61. The Balaban J connectivity index is 1.80. The van der Waals surface area contributed by atoms with Gasteiger partial charge in [0.1, 0.15) is 11.5 Å². The van der Waals surface area contributed by atoms with E-state index in [2.05, 4.69) is 4.90 Å². The molecule has 0 aliphatic carbocycles. The molecule has 0 saturated carbocycles. The SMILES string of the molecule is CCC[C@](CO)(C(=O)O[C@H]1CN2CCC1CC2)c1ccccc1. The number of hydrogen-bond donors (Lipinski definition) is 1. The molecule has 0 radical (unpaired) electrons. The topological polar surface area (TPSA) is 49.8 Å². The standard InChI is InChI=1S/C19H27NO3/c1-2-10-19(14-21,16-6-4-3-5-7-16)18(22)23-17-13-20-11-8-15(17)9-12-20/h3-7,15,17,21H,2,8-14H2,1H3/t17-,19+/m0/s1. The Hall–Kier alpha value is -1.39. The summed E-state index contributed by atoms with van der Waals surface area (Å²) in [5.41, 5.74) is -0.0715. The van der Waals surface area contributed by atoms with E-state index in [9.17, 15) is 9.90 Å². The number of ether oxygens (including phenoxy) is 1. The van der Waals surface area contributed by atoms with Gasteiger partial charge in [-0.2, -0.15) is 0 Å². The third-order valence-corrected chi connectivity index (χ3v) is 5.52. The van der Waals surface area contributed by atoms with Crippen LogP contribution in [0.25, 0.3) is 0 Å². The molecule has 0 unspecified atom stereocenters. The van der Waals surface area contributed by atoms with Crippen LogP contribution in [0.1, 0.15) is 38.2 Å². The van der Waals surface area contributed by atoms with Crippen molar-refractivity contribution < 1.29 is 14.6 Å². The average molecular weight is 317 g/mol. The van der Waals surface area contributed by atoms with E-state index in [1.807, 2.05) is 37.3 Å². The van der Waals surface area contributed by atoms with Crippen LogP contribution >= 0.6 is 0 Å². The number of hydrogen-bond acceptors (Lipinski definition) is 4. The summed E-state index contributed by atoms with van der Waals surface area (Å²) in [6.45, 7) is 4.92. The molecular formula is C19H27NO3. The molecule has 4 rings (SSSR count). The van der Waals surface area contributed by atoms with Crippen molar-refractivity contribution in [3.63, 3.8) is 0 Å². The first-order chi connectivity index (χ1) is 11.2. The van der Waals surface area contributed by atoms with Crippen molar-refractivity contribution in [1.29, 1.82) is 0 Å². The van der Waals surface area contributed by atoms with E-state index in [4.69, 9.17) is 4.74 Å². The van der Waals surface area contributed by atoms with Crippen molar-refractivity contribution in [2.24, 2.45) is 5.92 Å². The van der Waals surface area contributed by atoms with Gasteiger partial charge in [0.25, 0.3) is 0 Å². The predicted octanol–water partition coefficient (Wildman–Crippen LogP) is 2.35. The number of aliphatic hydroxyl groups is 1. The maximum Gasteiger partial charge on any atom is 0.319 e. The number of esters is 1. The fraction of sp³-hybridized carbons (Fsp3) is 0.632. The number of carbonyl (C=O) groups is 1. The molecule has 4 heteroatoms. The Labute approximate surface area is 138 Å². The zero-order valence-corrected chi connectivity index (χ0v) is 13.9. The van der Waals surface area contributed by atoms with Crippen LogP contribution in [0, 0.1) is 5.92 Å². The van der Waals surface area contributed by atoms with Gasteiger partial charge < -0.3 is 9.84 Å². The van der Waals surface area contributed by atoms with Gasteiger partial charge in [-0.05, 0) is 43.8 Å². The third-order valence-electron chi connectivity index (χ3n) is 5.52. The summed E-state index contributed by atoms with van der Waals surface area (Å²) in [5.74, 6) is 0.226. The molecule has 1 aromatic carbocycles.